The zero-order valence-electron chi connectivity index (χ0n) is 16.7. The minimum Gasteiger partial charge on any atom is -0.508 e. The van der Waals surface area contributed by atoms with Gasteiger partial charge >= 0.3 is 0 Å². The zero-order chi connectivity index (χ0) is 21.1. The smallest absolute Gasteiger partial charge is 0.247 e. The van der Waals surface area contributed by atoms with Gasteiger partial charge in [0.05, 0.1) is 19.5 Å². The first kappa shape index (κ1) is 19.9. The quantitative estimate of drug-likeness (QED) is 0.803. The second kappa shape index (κ2) is 8.18. The maximum absolute atomic E-state index is 13.0. The Bertz CT molecular complexity index is 935. The van der Waals surface area contributed by atoms with Crippen LogP contribution >= 0.6 is 0 Å². The normalized spacial score (nSPS) is 17.8. The number of phenolic OH excluding ortho intramolecular Hbond substituents is 1. The van der Waals surface area contributed by atoms with Crippen LogP contribution in [0, 0.1) is 0 Å². The van der Waals surface area contributed by atoms with E-state index >= 15 is 0 Å². The molecule has 0 aliphatic carbocycles. The van der Waals surface area contributed by atoms with E-state index in [0.717, 1.165) is 11.1 Å². The predicted molar refractivity (Wildman–Crippen MR) is 110 cm³/mol. The minimum absolute atomic E-state index is 0.0175. The lowest BCUT2D eigenvalue weighted by molar-refractivity contribution is -0.145. The molecule has 0 aromatic heterocycles. The number of carbonyl (C=O) groups is 3. The SMILES string of the molecule is O=C(Cc1ccc(O)cc1)N1CCC2(CC1)C(=O)NCN2C(=O)Cc1ccccc1. The van der Waals surface area contributed by atoms with E-state index in [1.165, 1.54) is 0 Å². The van der Waals surface area contributed by atoms with Crippen molar-refractivity contribution in [3.05, 3.63) is 65.7 Å². The standard InChI is InChI=1S/C23H25N3O4/c27-19-8-6-18(7-9-19)14-20(28)25-12-10-23(11-13-25)22(30)24-16-26(23)21(29)15-17-4-2-1-3-5-17/h1-9,27H,10-16H2,(H,24,30). The van der Waals surface area contributed by atoms with Gasteiger partial charge < -0.3 is 20.2 Å². The largest absolute Gasteiger partial charge is 0.508 e. The van der Waals surface area contributed by atoms with Crippen LogP contribution in [0.25, 0.3) is 0 Å². The summed E-state index contributed by atoms with van der Waals surface area (Å²) in [6.45, 7) is 1.07. The van der Waals surface area contributed by atoms with Crippen molar-refractivity contribution in [2.24, 2.45) is 0 Å². The van der Waals surface area contributed by atoms with Gasteiger partial charge in [0.1, 0.15) is 11.3 Å². The Morgan fingerprint density at radius 1 is 0.900 bits per heavy atom. The van der Waals surface area contributed by atoms with Crippen molar-refractivity contribution < 1.29 is 19.5 Å². The second-order valence-electron chi connectivity index (χ2n) is 7.90. The van der Waals surface area contributed by atoms with Gasteiger partial charge in [-0.3, -0.25) is 14.4 Å². The minimum atomic E-state index is -0.874. The first-order chi connectivity index (χ1) is 14.5. The molecule has 1 spiro atoms. The maximum atomic E-state index is 13.0. The van der Waals surface area contributed by atoms with E-state index in [4.69, 9.17) is 0 Å². The van der Waals surface area contributed by atoms with Crippen molar-refractivity contribution in [2.75, 3.05) is 19.8 Å². The van der Waals surface area contributed by atoms with Crippen LogP contribution in [0.2, 0.25) is 0 Å². The van der Waals surface area contributed by atoms with E-state index in [1.54, 1.807) is 34.1 Å². The highest BCUT2D eigenvalue weighted by Crippen LogP contribution is 2.33. The highest BCUT2D eigenvalue weighted by molar-refractivity contribution is 5.95. The molecule has 156 valence electrons. The van der Waals surface area contributed by atoms with Crippen LogP contribution in [0.3, 0.4) is 0 Å². The Morgan fingerprint density at radius 3 is 2.17 bits per heavy atom. The number of hydrogen-bond acceptors (Lipinski definition) is 4. The van der Waals surface area contributed by atoms with Gasteiger partial charge in [-0.25, -0.2) is 0 Å². The number of hydrogen-bond donors (Lipinski definition) is 2. The molecule has 0 unspecified atom stereocenters. The van der Waals surface area contributed by atoms with Crippen molar-refractivity contribution in [1.82, 2.24) is 15.1 Å². The molecular weight excluding hydrogens is 382 g/mol. The summed E-state index contributed by atoms with van der Waals surface area (Å²) in [5.41, 5.74) is 0.871. The van der Waals surface area contributed by atoms with Crippen LogP contribution in [0.5, 0.6) is 5.75 Å². The Hall–Kier alpha value is -3.35. The number of likely N-dealkylation sites (tertiary alicyclic amines) is 1. The Labute approximate surface area is 175 Å². The summed E-state index contributed by atoms with van der Waals surface area (Å²) < 4.78 is 0. The third-order valence-electron chi connectivity index (χ3n) is 6.07. The van der Waals surface area contributed by atoms with Gasteiger partial charge in [0.15, 0.2) is 0 Å². The molecular formula is C23H25N3O4. The van der Waals surface area contributed by atoms with Crippen molar-refractivity contribution in [3.63, 3.8) is 0 Å². The summed E-state index contributed by atoms with van der Waals surface area (Å²) in [5, 5.41) is 12.2. The summed E-state index contributed by atoms with van der Waals surface area (Å²) in [7, 11) is 0. The van der Waals surface area contributed by atoms with Gasteiger partial charge in [0.25, 0.3) is 0 Å². The molecule has 2 heterocycles. The number of piperidine rings is 1. The van der Waals surface area contributed by atoms with Crippen LogP contribution in [-0.2, 0) is 27.2 Å². The van der Waals surface area contributed by atoms with Crippen LogP contribution in [0.4, 0.5) is 0 Å². The van der Waals surface area contributed by atoms with Crippen LogP contribution in [0.1, 0.15) is 24.0 Å². The number of amides is 3. The van der Waals surface area contributed by atoms with Crippen molar-refractivity contribution in [3.8, 4) is 5.75 Å². The Morgan fingerprint density at radius 2 is 1.50 bits per heavy atom. The molecule has 2 saturated heterocycles. The lowest BCUT2D eigenvalue weighted by Gasteiger charge is -2.42. The predicted octanol–water partition coefficient (Wildman–Crippen LogP) is 1.45. The summed E-state index contributed by atoms with van der Waals surface area (Å²) in [6.07, 6.45) is 1.36. The third-order valence-corrected chi connectivity index (χ3v) is 6.07. The van der Waals surface area contributed by atoms with E-state index in [9.17, 15) is 19.5 Å². The molecule has 0 atom stereocenters. The van der Waals surface area contributed by atoms with E-state index in [1.807, 2.05) is 30.3 Å². The second-order valence-corrected chi connectivity index (χ2v) is 7.90. The number of phenols is 1. The molecule has 30 heavy (non-hydrogen) atoms. The molecule has 3 amide bonds. The highest BCUT2D eigenvalue weighted by Gasteiger charge is 2.52. The fourth-order valence-electron chi connectivity index (χ4n) is 4.31. The lowest BCUT2D eigenvalue weighted by Crippen LogP contribution is -2.58. The van der Waals surface area contributed by atoms with Crippen molar-refractivity contribution in [2.45, 2.75) is 31.2 Å². The fraction of sp³-hybridized carbons (Fsp3) is 0.348. The van der Waals surface area contributed by atoms with E-state index in [-0.39, 0.29) is 43.0 Å². The number of aromatic hydroxyl groups is 1. The Kier molecular flexibility index (Phi) is 5.44. The van der Waals surface area contributed by atoms with E-state index in [0.29, 0.717) is 25.9 Å². The number of rotatable bonds is 4. The summed E-state index contributed by atoms with van der Waals surface area (Å²) >= 11 is 0. The topological polar surface area (TPSA) is 89.9 Å². The van der Waals surface area contributed by atoms with Crippen LogP contribution < -0.4 is 5.32 Å². The summed E-state index contributed by atoms with van der Waals surface area (Å²) in [4.78, 5) is 41.7. The van der Waals surface area contributed by atoms with Crippen molar-refractivity contribution in [1.29, 1.82) is 0 Å². The molecule has 2 aromatic rings. The Balaban J connectivity index is 1.40. The van der Waals surface area contributed by atoms with Gasteiger partial charge in [-0.15, -0.1) is 0 Å². The monoisotopic (exact) mass is 407 g/mol. The molecule has 2 aromatic carbocycles. The summed E-state index contributed by atoms with van der Waals surface area (Å²) in [6, 6.07) is 16.1. The zero-order valence-corrected chi connectivity index (χ0v) is 16.7. The van der Waals surface area contributed by atoms with Gasteiger partial charge in [-0.1, -0.05) is 42.5 Å². The molecule has 0 saturated carbocycles. The fourth-order valence-corrected chi connectivity index (χ4v) is 4.31. The molecule has 2 aliphatic heterocycles. The molecule has 7 nitrogen and oxygen atoms in total. The first-order valence-corrected chi connectivity index (χ1v) is 10.2. The van der Waals surface area contributed by atoms with Gasteiger partial charge in [0.2, 0.25) is 17.7 Å². The van der Waals surface area contributed by atoms with Crippen LogP contribution in [-0.4, -0.2) is 57.9 Å². The lowest BCUT2D eigenvalue weighted by atomic mass is 9.85. The van der Waals surface area contributed by atoms with Gasteiger partial charge in [0, 0.05) is 13.1 Å². The molecule has 0 bridgehead atoms. The molecule has 7 heteroatoms. The van der Waals surface area contributed by atoms with Crippen LogP contribution in [0.15, 0.2) is 54.6 Å². The summed E-state index contributed by atoms with van der Waals surface area (Å²) in [5.74, 6) is -0.0623. The number of nitrogens with one attached hydrogen (secondary N) is 1. The highest BCUT2D eigenvalue weighted by atomic mass is 16.3. The molecule has 2 N–H and O–H groups in total. The van der Waals surface area contributed by atoms with Gasteiger partial charge in [-0.2, -0.15) is 0 Å². The van der Waals surface area contributed by atoms with E-state index < -0.39 is 5.54 Å². The van der Waals surface area contributed by atoms with Gasteiger partial charge in [-0.05, 0) is 36.1 Å². The van der Waals surface area contributed by atoms with E-state index in [2.05, 4.69) is 5.32 Å². The molecule has 2 aliphatic rings. The number of nitrogens with zero attached hydrogens (tertiary/aromatic N) is 2. The average molecular weight is 407 g/mol. The molecule has 0 radical (unpaired) electrons. The maximum Gasteiger partial charge on any atom is 0.247 e. The first-order valence-electron chi connectivity index (χ1n) is 10.2. The van der Waals surface area contributed by atoms with Crippen molar-refractivity contribution >= 4 is 17.7 Å². The average Bonchev–Trinajstić information content (AvgIpc) is 3.06. The number of benzene rings is 2. The molecule has 4 rings (SSSR count). The molecule has 2 fully saturated rings. The third kappa shape index (κ3) is 3.87. The number of carbonyl (C=O) groups excluding carboxylic acids is 3.